The van der Waals surface area contributed by atoms with E-state index in [-0.39, 0.29) is 31.1 Å². The van der Waals surface area contributed by atoms with Crippen LogP contribution in [0.4, 0.5) is 13.2 Å². The van der Waals surface area contributed by atoms with Crippen LogP contribution in [0.3, 0.4) is 0 Å². The Bertz CT molecular complexity index is 828. The second-order valence-electron chi connectivity index (χ2n) is 5.60. The second-order valence-corrected chi connectivity index (χ2v) is 5.60. The summed E-state index contributed by atoms with van der Waals surface area (Å²) in [5, 5.41) is 18.9. The molecule has 0 saturated carbocycles. The summed E-state index contributed by atoms with van der Waals surface area (Å²) < 4.78 is 43.7. The molecule has 12 heteroatoms. The number of pyridine rings is 1. The SMILES string of the molecule is O=C(NC1(C(=O)O)CCOC1)c1cn(-c2ccc(C(F)(F)F)cn2)nn1. The van der Waals surface area contributed by atoms with Gasteiger partial charge in [-0.3, -0.25) is 4.79 Å². The molecule has 138 valence electrons. The van der Waals surface area contributed by atoms with Gasteiger partial charge in [-0.2, -0.15) is 13.2 Å². The number of ether oxygens (including phenoxy) is 1. The monoisotopic (exact) mass is 371 g/mol. The maximum Gasteiger partial charge on any atom is 0.417 e. The van der Waals surface area contributed by atoms with Gasteiger partial charge in [0, 0.05) is 19.2 Å². The molecule has 1 fully saturated rings. The molecule has 0 aromatic carbocycles. The molecule has 1 saturated heterocycles. The van der Waals surface area contributed by atoms with Gasteiger partial charge >= 0.3 is 12.1 Å². The Morgan fingerprint density at radius 1 is 1.35 bits per heavy atom. The van der Waals surface area contributed by atoms with Crippen molar-refractivity contribution in [3.63, 3.8) is 0 Å². The highest BCUT2D eigenvalue weighted by Gasteiger charge is 2.44. The molecular formula is C14H12F3N5O4. The molecule has 0 bridgehead atoms. The number of carboxylic acid groups (broad SMARTS) is 1. The van der Waals surface area contributed by atoms with Crippen molar-refractivity contribution in [3.05, 3.63) is 35.8 Å². The fourth-order valence-corrected chi connectivity index (χ4v) is 2.34. The van der Waals surface area contributed by atoms with Crippen molar-refractivity contribution >= 4 is 11.9 Å². The Morgan fingerprint density at radius 3 is 2.65 bits per heavy atom. The average Bonchev–Trinajstić information content (AvgIpc) is 3.24. The van der Waals surface area contributed by atoms with E-state index in [4.69, 9.17) is 4.74 Å². The number of amides is 1. The number of carboxylic acids is 1. The van der Waals surface area contributed by atoms with Crippen molar-refractivity contribution in [1.82, 2.24) is 25.3 Å². The zero-order valence-electron chi connectivity index (χ0n) is 13.0. The summed E-state index contributed by atoms with van der Waals surface area (Å²) in [5.41, 5.74) is -2.68. The van der Waals surface area contributed by atoms with Gasteiger partial charge in [0.05, 0.1) is 18.4 Å². The molecule has 0 radical (unpaired) electrons. The minimum absolute atomic E-state index is 0.0155. The molecular weight excluding hydrogens is 359 g/mol. The standard InChI is InChI=1S/C14H12F3N5O4/c15-14(16,17)8-1-2-10(18-5-8)22-6-9(20-21-22)11(23)19-13(12(24)25)3-4-26-7-13/h1-2,5-6H,3-4,7H2,(H,19,23)(H,24,25). The molecule has 0 spiro atoms. The van der Waals surface area contributed by atoms with Gasteiger partial charge in [0.1, 0.15) is 0 Å². The predicted molar refractivity (Wildman–Crippen MR) is 77.4 cm³/mol. The normalized spacial score (nSPS) is 20.1. The number of hydrogen-bond donors (Lipinski definition) is 2. The van der Waals surface area contributed by atoms with Gasteiger partial charge in [-0.15, -0.1) is 5.10 Å². The van der Waals surface area contributed by atoms with Crippen LogP contribution in [-0.2, 0) is 15.7 Å². The van der Waals surface area contributed by atoms with Gasteiger partial charge in [-0.05, 0) is 12.1 Å². The molecule has 2 aromatic heterocycles. The van der Waals surface area contributed by atoms with Crippen LogP contribution in [0.5, 0.6) is 0 Å². The summed E-state index contributed by atoms with van der Waals surface area (Å²) in [6.45, 7) is 0.0113. The zero-order valence-corrected chi connectivity index (χ0v) is 13.0. The van der Waals surface area contributed by atoms with E-state index in [1.165, 1.54) is 0 Å². The summed E-state index contributed by atoms with van der Waals surface area (Å²) in [7, 11) is 0. The molecule has 1 unspecified atom stereocenters. The van der Waals surface area contributed by atoms with Gasteiger partial charge in [0.15, 0.2) is 17.1 Å². The Hall–Kier alpha value is -3.02. The number of carbonyl (C=O) groups is 2. The van der Waals surface area contributed by atoms with Crippen LogP contribution in [0, 0.1) is 0 Å². The first-order valence-electron chi connectivity index (χ1n) is 7.31. The van der Waals surface area contributed by atoms with Crippen molar-refractivity contribution < 1.29 is 32.6 Å². The number of alkyl halides is 3. The highest BCUT2D eigenvalue weighted by atomic mass is 19.4. The fourth-order valence-electron chi connectivity index (χ4n) is 2.34. The van der Waals surface area contributed by atoms with Crippen LogP contribution in [0.2, 0.25) is 0 Å². The average molecular weight is 371 g/mol. The van der Waals surface area contributed by atoms with E-state index in [2.05, 4.69) is 20.6 Å². The topological polar surface area (TPSA) is 119 Å². The summed E-state index contributed by atoms with van der Waals surface area (Å²) in [5.74, 6) is -2.02. The highest BCUT2D eigenvalue weighted by Crippen LogP contribution is 2.28. The van der Waals surface area contributed by atoms with Gasteiger partial charge in [-0.1, -0.05) is 5.21 Å². The molecule has 0 aliphatic carbocycles. The number of hydrogen-bond acceptors (Lipinski definition) is 6. The molecule has 3 heterocycles. The van der Waals surface area contributed by atoms with Crippen LogP contribution in [0.1, 0.15) is 22.5 Å². The van der Waals surface area contributed by atoms with Crippen LogP contribution in [-0.4, -0.2) is 55.7 Å². The minimum Gasteiger partial charge on any atom is -0.479 e. The van der Waals surface area contributed by atoms with Crippen LogP contribution >= 0.6 is 0 Å². The van der Waals surface area contributed by atoms with Crippen molar-refractivity contribution in [2.24, 2.45) is 0 Å². The first-order chi connectivity index (χ1) is 12.2. The fraction of sp³-hybridized carbons (Fsp3) is 0.357. The van der Waals surface area contributed by atoms with Gasteiger partial charge in [0.25, 0.3) is 5.91 Å². The molecule has 9 nitrogen and oxygen atoms in total. The Kier molecular flexibility index (Phi) is 4.36. The van der Waals surface area contributed by atoms with Crippen LogP contribution < -0.4 is 5.32 Å². The largest absolute Gasteiger partial charge is 0.479 e. The molecule has 2 aromatic rings. The number of nitrogens with zero attached hydrogens (tertiary/aromatic N) is 4. The van der Waals surface area contributed by atoms with Crippen molar-refractivity contribution in [2.45, 2.75) is 18.1 Å². The lowest BCUT2D eigenvalue weighted by Gasteiger charge is -2.22. The number of aliphatic carboxylic acids is 1. The number of rotatable bonds is 4. The van der Waals surface area contributed by atoms with E-state index in [0.29, 0.717) is 6.20 Å². The number of halogens is 3. The molecule has 2 N–H and O–H groups in total. The Labute approximate surface area is 143 Å². The Morgan fingerprint density at radius 2 is 2.12 bits per heavy atom. The summed E-state index contributed by atoms with van der Waals surface area (Å²) in [6, 6.07) is 1.89. The first-order valence-corrected chi connectivity index (χ1v) is 7.31. The van der Waals surface area contributed by atoms with E-state index in [9.17, 15) is 27.9 Å². The third-order valence-corrected chi connectivity index (χ3v) is 3.82. The lowest BCUT2D eigenvalue weighted by Crippen LogP contribution is -2.55. The van der Waals surface area contributed by atoms with Crippen molar-refractivity contribution in [1.29, 1.82) is 0 Å². The van der Waals surface area contributed by atoms with Gasteiger partial charge in [0.2, 0.25) is 0 Å². The molecule has 1 amide bonds. The number of nitrogens with one attached hydrogen (secondary N) is 1. The molecule has 3 rings (SSSR count). The highest BCUT2D eigenvalue weighted by molar-refractivity contribution is 5.96. The molecule has 1 atom stereocenters. The van der Waals surface area contributed by atoms with Crippen molar-refractivity contribution in [2.75, 3.05) is 13.2 Å². The lowest BCUT2D eigenvalue weighted by molar-refractivity contribution is -0.144. The Balaban J connectivity index is 1.77. The maximum absolute atomic E-state index is 12.5. The summed E-state index contributed by atoms with van der Waals surface area (Å²) in [4.78, 5) is 27.2. The summed E-state index contributed by atoms with van der Waals surface area (Å²) >= 11 is 0. The molecule has 26 heavy (non-hydrogen) atoms. The second kappa shape index (κ2) is 6.37. The zero-order chi connectivity index (χ0) is 18.9. The quantitative estimate of drug-likeness (QED) is 0.810. The van der Waals surface area contributed by atoms with Gasteiger partial charge < -0.3 is 15.2 Å². The van der Waals surface area contributed by atoms with Gasteiger partial charge in [-0.25, -0.2) is 14.5 Å². The number of aromatic nitrogens is 4. The first kappa shape index (κ1) is 17.8. The minimum atomic E-state index is -4.52. The predicted octanol–water partition coefficient (Wildman–Crippen LogP) is 0.655. The smallest absolute Gasteiger partial charge is 0.417 e. The third kappa shape index (κ3) is 3.35. The van der Waals surface area contributed by atoms with E-state index < -0.39 is 29.2 Å². The summed E-state index contributed by atoms with van der Waals surface area (Å²) in [6.07, 6.45) is -2.65. The van der Waals surface area contributed by atoms with E-state index in [0.717, 1.165) is 23.0 Å². The molecule has 1 aliphatic rings. The molecule has 1 aliphatic heterocycles. The van der Waals surface area contributed by atoms with Crippen LogP contribution in [0.25, 0.3) is 5.82 Å². The van der Waals surface area contributed by atoms with E-state index >= 15 is 0 Å². The van der Waals surface area contributed by atoms with Crippen molar-refractivity contribution in [3.8, 4) is 5.82 Å². The number of carbonyl (C=O) groups excluding carboxylic acids is 1. The van der Waals surface area contributed by atoms with E-state index in [1.54, 1.807) is 0 Å². The lowest BCUT2D eigenvalue weighted by atomic mass is 9.99. The third-order valence-electron chi connectivity index (χ3n) is 3.82. The van der Waals surface area contributed by atoms with Crippen LogP contribution in [0.15, 0.2) is 24.5 Å². The maximum atomic E-state index is 12.5. The van der Waals surface area contributed by atoms with E-state index in [1.807, 2.05) is 0 Å².